The molecule has 0 radical (unpaired) electrons. The molecular formula is C13H21N5. The molecule has 0 atom stereocenters. The van der Waals surface area contributed by atoms with Gasteiger partial charge < -0.3 is 5.32 Å². The normalized spacial score (nSPS) is 11.1. The summed E-state index contributed by atoms with van der Waals surface area (Å²) in [4.78, 5) is 0. The Labute approximate surface area is 108 Å². The molecule has 0 saturated carbocycles. The molecule has 2 rings (SSSR count). The molecule has 0 amide bonds. The third kappa shape index (κ3) is 3.20. The fourth-order valence-electron chi connectivity index (χ4n) is 2.04. The van der Waals surface area contributed by atoms with E-state index in [0.717, 1.165) is 31.7 Å². The van der Waals surface area contributed by atoms with Crippen LogP contribution in [0.4, 0.5) is 0 Å². The highest BCUT2D eigenvalue weighted by Gasteiger charge is 2.04. The predicted octanol–water partition coefficient (Wildman–Crippen LogP) is 1.62. The Kier molecular flexibility index (Phi) is 4.15. The Hall–Kier alpha value is -1.62. The molecule has 0 aliphatic heterocycles. The molecule has 2 heterocycles. The number of nitrogens with zero attached hydrogens (tertiary/aromatic N) is 4. The molecule has 0 aliphatic rings. The number of aryl methyl sites for hydroxylation is 3. The van der Waals surface area contributed by atoms with Crippen LogP contribution in [0.2, 0.25) is 0 Å². The lowest BCUT2D eigenvalue weighted by Crippen LogP contribution is -2.16. The fraction of sp³-hybridized carbons (Fsp3) is 0.538. The largest absolute Gasteiger partial charge is 0.307 e. The molecule has 0 unspecified atom stereocenters. The van der Waals surface area contributed by atoms with Gasteiger partial charge in [-0.15, -0.1) is 0 Å². The van der Waals surface area contributed by atoms with Crippen molar-refractivity contribution in [3.63, 3.8) is 0 Å². The van der Waals surface area contributed by atoms with Crippen LogP contribution >= 0.6 is 0 Å². The Morgan fingerprint density at radius 3 is 2.83 bits per heavy atom. The van der Waals surface area contributed by atoms with Crippen LogP contribution < -0.4 is 5.32 Å². The molecule has 0 fully saturated rings. The molecule has 0 aliphatic carbocycles. The summed E-state index contributed by atoms with van der Waals surface area (Å²) >= 11 is 0. The maximum Gasteiger partial charge on any atom is 0.0597 e. The third-order valence-corrected chi connectivity index (χ3v) is 2.81. The first-order valence-electron chi connectivity index (χ1n) is 6.40. The lowest BCUT2D eigenvalue weighted by molar-refractivity contribution is 0.547. The number of aromatic nitrogens is 4. The summed E-state index contributed by atoms with van der Waals surface area (Å²) in [6, 6.07) is 2.14. The Balaban J connectivity index is 1.89. The first-order valence-corrected chi connectivity index (χ1v) is 6.40. The standard InChI is InChI=1S/C13H21N5/c1-4-5-18-13(6-11(2)16-18)9-14-7-12-8-15-17(3)10-12/h6,8,10,14H,4-5,7,9H2,1-3H3. The van der Waals surface area contributed by atoms with E-state index in [1.54, 1.807) is 0 Å². The molecular weight excluding hydrogens is 226 g/mol. The highest BCUT2D eigenvalue weighted by molar-refractivity contribution is 5.09. The van der Waals surface area contributed by atoms with Gasteiger partial charge >= 0.3 is 0 Å². The Bertz CT molecular complexity index is 497. The van der Waals surface area contributed by atoms with E-state index >= 15 is 0 Å². The van der Waals surface area contributed by atoms with Crippen LogP contribution in [0.3, 0.4) is 0 Å². The van der Waals surface area contributed by atoms with Crippen LogP contribution in [0.5, 0.6) is 0 Å². The second-order valence-electron chi connectivity index (χ2n) is 4.63. The van der Waals surface area contributed by atoms with Crippen LogP contribution in [0.15, 0.2) is 18.5 Å². The lowest BCUT2D eigenvalue weighted by Gasteiger charge is -2.06. The number of hydrogen-bond donors (Lipinski definition) is 1. The third-order valence-electron chi connectivity index (χ3n) is 2.81. The van der Waals surface area contributed by atoms with Gasteiger partial charge in [0.25, 0.3) is 0 Å². The van der Waals surface area contributed by atoms with Gasteiger partial charge in [0.1, 0.15) is 0 Å². The fourth-order valence-corrected chi connectivity index (χ4v) is 2.04. The van der Waals surface area contributed by atoms with E-state index in [2.05, 4.69) is 33.2 Å². The number of hydrogen-bond acceptors (Lipinski definition) is 3. The van der Waals surface area contributed by atoms with E-state index in [4.69, 9.17) is 0 Å². The zero-order valence-corrected chi connectivity index (χ0v) is 11.3. The topological polar surface area (TPSA) is 47.7 Å². The highest BCUT2D eigenvalue weighted by Crippen LogP contribution is 2.05. The molecule has 18 heavy (non-hydrogen) atoms. The monoisotopic (exact) mass is 247 g/mol. The molecule has 0 aromatic carbocycles. The highest BCUT2D eigenvalue weighted by atomic mass is 15.3. The van der Waals surface area contributed by atoms with Crippen molar-refractivity contribution < 1.29 is 0 Å². The zero-order valence-electron chi connectivity index (χ0n) is 11.3. The SMILES string of the molecule is CCCn1nc(C)cc1CNCc1cnn(C)c1. The first-order chi connectivity index (χ1) is 8.69. The van der Waals surface area contributed by atoms with E-state index < -0.39 is 0 Å². The Morgan fingerprint density at radius 1 is 1.33 bits per heavy atom. The minimum atomic E-state index is 0.837. The average Bonchev–Trinajstić information content (AvgIpc) is 2.87. The maximum atomic E-state index is 4.49. The van der Waals surface area contributed by atoms with Crippen molar-refractivity contribution in [3.05, 3.63) is 35.4 Å². The van der Waals surface area contributed by atoms with Crippen LogP contribution in [-0.4, -0.2) is 19.6 Å². The average molecular weight is 247 g/mol. The van der Waals surface area contributed by atoms with E-state index in [1.165, 1.54) is 11.3 Å². The molecule has 98 valence electrons. The van der Waals surface area contributed by atoms with Crippen molar-refractivity contribution in [2.75, 3.05) is 0 Å². The van der Waals surface area contributed by atoms with Gasteiger partial charge in [-0.2, -0.15) is 10.2 Å². The van der Waals surface area contributed by atoms with Crippen molar-refractivity contribution in [1.82, 2.24) is 24.9 Å². The van der Waals surface area contributed by atoms with Gasteiger partial charge in [0.05, 0.1) is 17.6 Å². The smallest absolute Gasteiger partial charge is 0.0597 e. The van der Waals surface area contributed by atoms with Crippen LogP contribution in [0.25, 0.3) is 0 Å². The Morgan fingerprint density at radius 2 is 2.17 bits per heavy atom. The minimum absolute atomic E-state index is 0.837. The van der Waals surface area contributed by atoms with Crippen molar-refractivity contribution in [2.45, 2.75) is 39.9 Å². The molecule has 2 aromatic rings. The minimum Gasteiger partial charge on any atom is -0.307 e. The first kappa shape index (κ1) is 12.8. The maximum absolute atomic E-state index is 4.49. The van der Waals surface area contributed by atoms with E-state index in [9.17, 15) is 0 Å². The molecule has 0 saturated heterocycles. The van der Waals surface area contributed by atoms with Crippen LogP contribution in [0, 0.1) is 6.92 Å². The summed E-state index contributed by atoms with van der Waals surface area (Å²) in [7, 11) is 1.93. The molecule has 0 bridgehead atoms. The van der Waals surface area contributed by atoms with Gasteiger partial charge in [0.2, 0.25) is 0 Å². The van der Waals surface area contributed by atoms with Gasteiger partial charge in [-0.1, -0.05) is 6.92 Å². The van der Waals surface area contributed by atoms with Gasteiger partial charge in [-0.05, 0) is 19.4 Å². The van der Waals surface area contributed by atoms with E-state index in [-0.39, 0.29) is 0 Å². The van der Waals surface area contributed by atoms with Gasteiger partial charge in [-0.25, -0.2) is 0 Å². The summed E-state index contributed by atoms with van der Waals surface area (Å²) in [6.45, 7) is 6.87. The number of rotatable bonds is 6. The quantitative estimate of drug-likeness (QED) is 0.844. The summed E-state index contributed by atoms with van der Waals surface area (Å²) in [6.07, 6.45) is 5.03. The lowest BCUT2D eigenvalue weighted by atomic mass is 10.3. The van der Waals surface area contributed by atoms with Gasteiger partial charge in [0.15, 0.2) is 0 Å². The molecule has 0 spiro atoms. The summed E-state index contributed by atoms with van der Waals surface area (Å²) < 4.78 is 3.91. The van der Waals surface area contributed by atoms with Gasteiger partial charge in [0, 0.05) is 38.4 Å². The van der Waals surface area contributed by atoms with Crippen LogP contribution in [-0.2, 0) is 26.7 Å². The van der Waals surface area contributed by atoms with Crippen molar-refractivity contribution in [2.24, 2.45) is 7.05 Å². The summed E-state index contributed by atoms with van der Waals surface area (Å²) in [5.74, 6) is 0. The van der Waals surface area contributed by atoms with Crippen molar-refractivity contribution >= 4 is 0 Å². The van der Waals surface area contributed by atoms with Gasteiger partial charge in [-0.3, -0.25) is 9.36 Å². The number of nitrogens with one attached hydrogen (secondary N) is 1. The molecule has 5 heteroatoms. The summed E-state index contributed by atoms with van der Waals surface area (Å²) in [5, 5.41) is 12.1. The second kappa shape index (κ2) is 5.82. The second-order valence-corrected chi connectivity index (χ2v) is 4.63. The van der Waals surface area contributed by atoms with E-state index in [0.29, 0.717) is 0 Å². The molecule has 5 nitrogen and oxygen atoms in total. The molecule has 2 aromatic heterocycles. The van der Waals surface area contributed by atoms with Crippen LogP contribution in [0.1, 0.15) is 30.3 Å². The van der Waals surface area contributed by atoms with E-state index in [1.807, 2.05) is 31.0 Å². The zero-order chi connectivity index (χ0) is 13.0. The predicted molar refractivity (Wildman–Crippen MR) is 71.0 cm³/mol. The summed E-state index contributed by atoms with van der Waals surface area (Å²) in [5.41, 5.74) is 3.54. The van der Waals surface area contributed by atoms with Crippen molar-refractivity contribution in [3.8, 4) is 0 Å². The van der Waals surface area contributed by atoms with Crippen molar-refractivity contribution in [1.29, 1.82) is 0 Å². The molecule has 1 N–H and O–H groups in total.